The van der Waals surface area contributed by atoms with Crippen LogP contribution in [0.4, 0.5) is 5.69 Å². The highest BCUT2D eigenvalue weighted by atomic mass is 32.2. The molecule has 1 saturated carbocycles. The Bertz CT molecular complexity index is 1440. The highest BCUT2D eigenvalue weighted by molar-refractivity contribution is 7.92. The van der Waals surface area contributed by atoms with Crippen molar-refractivity contribution in [2.24, 2.45) is 0 Å². The topological polar surface area (TPSA) is 96.0 Å². The van der Waals surface area contributed by atoms with Gasteiger partial charge in [0.05, 0.1) is 11.9 Å². The van der Waals surface area contributed by atoms with Crippen LogP contribution in [0.15, 0.2) is 78.9 Å². The van der Waals surface area contributed by atoms with Gasteiger partial charge in [0.15, 0.2) is 0 Å². The van der Waals surface area contributed by atoms with Crippen LogP contribution in [-0.2, 0) is 32.8 Å². The number of aryl methyl sites for hydroxylation is 1. The number of rotatable bonds is 13. The lowest BCUT2D eigenvalue weighted by Gasteiger charge is -2.34. The van der Waals surface area contributed by atoms with Gasteiger partial charge in [-0.05, 0) is 61.6 Å². The third kappa shape index (κ3) is 9.32. The number of amides is 2. The lowest BCUT2D eigenvalue weighted by atomic mass is 9.95. The van der Waals surface area contributed by atoms with Gasteiger partial charge >= 0.3 is 0 Å². The van der Waals surface area contributed by atoms with Crippen LogP contribution in [0.5, 0.6) is 5.75 Å². The molecule has 1 aliphatic rings. The zero-order valence-electron chi connectivity index (χ0n) is 25.4. The van der Waals surface area contributed by atoms with Crippen molar-refractivity contribution < 1.29 is 22.7 Å². The minimum Gasteiger partial charge on any atom is -0.489 e. The molecule has 4 rings (SSSR count). The molecule has 0 bridgehead atoms. The first-order chi connectivity index (χ1) is 20.6. The molecular formula is C34H43N3O5S. The fourth-order valence-corrected chi connectivity index (χ4v) is 6.27. The summed E-state index contributed by atoms with van der Waals surface area (Å²) < 4.78 is 32.9. The van der Waals surface area contributed by atoms with Gasteiger partial charge in [0.2, 0.25) is 21.8 Å². The van der Waals surface area contributed by atoms with Crippen LogP contribution in [0.2, 0.25) is 0 Å². The summed E-state index contributed by atoms with van der Waals surface area (Å²) in [6.45, 7) is 4.01. The Kier molecular flexibility index (Phi) is 11.2. The smallest absolute Gasteiger partial charge is 0.244 e. The largest absolute Gasteiger partial charge is 0.489 e. The molecule has 0 aromatic heterocycles. The summed E-state index contributed by atoms with van der Waals surface area (Å²) in [7, 11) is -3.82. The van der Waals surface area contributed by atoms with E-state index in [1.165, 1.54) is 11.3 Å². The van der Waals surface area contributed by atoms with E-state index in [1.807, 2.05) is 68.4 Å². The molecule has 2 amide bonds. The van der Waals surface area contributed by atoms with E-state index >= 15 is 0 Å². The molecule has 0 aliphatic heterocycles. The standard InChI is InChI=1S/C34H43N3O5S/c1-4-32(34(39)35-29-13-9-6-10-14-29)36(23-27-17-15-26(2)16-18-27)33(38)24-37(43(3,40)41)30-19-21-31(22-20-30)42-25-28-11-7-5-8-12-28/h5,7-8,11-12,15-22,29,32H,4,6,9-10,13-14,23-25H2,1-3H3,(H,35,39)/t32-/m0/s1. The van der Waals surface area contributed by atoms with Gasteiger partial charge in [0.25, 0.3) is 0 Å². The SMILES string of the molecule is CC[C@@H](C(=O)NC1CCCCC1)N(Cc1ccc(C)cc1)C(=O)CN(c1ccc(OCc2ccccc2)cc1)S(C)(=O)=O. The highest BCUT2D eigenvalue weighted by Crippen LogP contribution is 2.24. The maximum atomic E-state index is 14.0. The van der Waals surface area contributed by atoms with E-state index in [2.05, 4.69) is 5.32 Å². The summed E-state index contributed by atoms with van der Waals surface area (Å²) in [4.78, 5) is 29.0. The van der Waals surface area contributed by atoms with Gasteiger partial charge in [-0.2, -0.15) is 0 Å². The number of sulfonamides is 1. The average Bonchev–Trinajstić information content (AvgIpc) is 3.00. The highest BCUT2D eigenvalue weighted by Gasteiger charge is 2.32. The van der Waals surface area contributed by atoms with Gasteiger partial charge in [-0.1, -0.05) is 86.3 Å². The molecule has 43 heavy (non-hydrogen) atoms. The Labute approximate surface area is 256 Å². The average molecular weight is 606 g/mol. The predicted octanol–water partition coefficient (Wildman–Crippen LogP) is 5.60. The maximum absolute atomic E-state index is 14.0. The maximum Gasteiger partial charge on any atom is 0.244 e. The molecule has 1 fully saturated rings. The Balaban J connectivity index is 1.54. The second kappa shape index (κ2) is 15.0. The second-order valence-corrected chi connectivity index (χ2v) is 13.2. The van der Waals surface area contributed by atoms with Gasteiger partial charge in [-0.25, -0.2) is 8.42 Å². The number of nitrogens with zero attached hydrogens (tertiary/aromatic N) is 2. The molecule has 1 atom stereocenters. The molecule has 3 aromatic carbocycles. The molecule has 1 aliphatic carbocycles. The van der Waals surface area contributed by atoms with Crippen LogP contribution in [0.1, 0.15) is 62.1 Å². The third-order valence-corrected chi connectivity index (χ3v) is 9.00. The fourth-order valence-electron chi connectivity index (χ4n) is 5.42. The molecule has 0 radical (unpaired) electrons. The Morgan fingerprint density at radius 1 is 0.907 bits per heavy atom. The lowest BCUT2D eigenvalue weighted by Crippen LogP contribution is -2.53. The van der Waals surface area contributed by atoms with Gasteiger partial charge in [0.1, 0.15) is 24.9 Å². The zero-order chi connectivity index (χ0) is 30.8. The molecule has 0 heterocycles. The van der Waals surface area contributed by atoms with E-state index in [1.54, 1.807) is 24.3 Å². The summed E-state index contributed by atoms with van der Waals surface area (Å²) in [5.74, 6) is -0.0551. The molecule has 8 nitrogen and oxygen atoms in total. The molecular weight excluding hydrogens is 562 g/mol. The molecule has 3 aromatic rings. The quantitative estimate of drug-likeness (QED) is 0.274. The number of carbonyl (C=O) groups is 2. The van der Waals surface area contributed by atoms with E-state index in [0.29, 0.717) is 24.5 Å². The Hall–Kier alpha value is -3.85. The summed E-state index contributed by atoms with van der Waals surface area (Å²) in [5.41, 5.74) is 3.32. The number of hydrogen-bond donors (Lipinski definition) is 1. The van der Waals surface area contributed by atoms with Crippen molar-refractivity contribution in [3.63, 3.8) is 0 Å². The van der Waals surface area contributed by atoms with Gasteiger partial charge in [-0.15, -0.1) is 0 Å². The summed E-state index contributed by atoms with van der Waals surface area (Å²) in [6, 6.07) is 23.6. The number of nitrogens with one attached hydrogen (secondary N) is 1. The van der Waals surface area contributed by atoms with Crippen molar-refractivity contribution in [2.45, 2.75) is 77.6 Å². The first kappa shape index (κ1) is 32.1. The molecule has 0 saturated heterocycles. The summed E-state index contributed by atoms with van der Waals surface area (Å²) in [5, 5.41) is 3.17. The van der Waals surface area contributed by atoms with Crippen LogP contribution >= 0.6 is 0 Å². The first-order valence-electron chi connectivity index (χ1n) is 15.0. The minimum atomic E-state index is -3.82. The van der Waals surface area contributed by atoms with Crippen molar-refractivity contribution in [3.8, 4) is 5.75 Å². The lowest BCUT2D eigenvalue weighted by molar-refractivity contribution is -0.140. The van der Waals surface area contributed by atoms with E-state index in [4.69, 9.17) is 4.74 Å². The monoisotopic (exact) mass is 605 g/mol. The Morgan fingerprint density at radius 2 is 1.56 bits per heavy atom. The van der Waals surface area contributed by atoms with Gasteiger partial charge < -0.3 is 15.0 Å². The predicted molar refractivity (Wildman–Crippen MR) is 170 cm³/mol. The van der Waals surface area contributed by atoms with Gasteiger partial charge in [-0.3, -0.25) is 13.9 Å². The minimum absolute atomic E-state index is 0.0989. The number of hydrogen-bond acceptors (Lipinski definition) is 5. The molecule has 9 heteroatoms. The van der Waals surface area contributed by atoms with Crippen molar-refractivity contribution in [1.29, 1.82) is 0 Å². The van der Waals surface area contributed by atoms with E-state index in [9.17, 15) is 18.0 Å². The fraction of sp³-hybridized carbons (Fsp3) is 0.412. The van der Waals surface area contributed by atoms with Crippen LogP contribution in [0.25, 0.3) is 0 Å². The number of carbonyl (C=O) groups excluding carboxylic acids is 2. The van der Waals surface area contributed by atoms with Crippen molar-refractivity contribution >= 4 is 27.5 Å². The number of anilines is 1. The van der Waals surface area contributed by atoms with E-state index < -0.39 is 28.5 Å². The summed E-state index contributed by atoms with van der Waals surface area (Å²) in [6.07, 6.45) is 6.67. The van der Waals surface area contributed by atoms with Crippen molar-refractivity contribution in [2.75, 3.05) is 17.1 Å². The second-order valence-electron chi connectivity index (χ2n) is 11.3. The van der Waals surface area contributed by atoms with E-state index in [-0.39, 0.29) is 18.5 Å². The van der Waals surface area contributed by atoms with Crippen molar-refractivity contribution in [1.82, 2.24) is 10.2 Å². The zero-order valence-corrected chi connectivity index (χ0v) is 26.2. The normalized spacial score (nSPS) is 14.5. The molecule has 1 N–H and O–H groups in total. The number of benzene rings is 3. The van der Waals surface area contributed by atoms with Crippen LogP contribution < -0.4 is 14.4 Å². The number of ether oxygens (including phenoxy) is 1. The van der Waals surface area contributed by atoms with Crippen molar-refractivity contribution in [3.05, 3.63) is 95.6 Å². The Morgan fingerprint density at radius 3 is 2.16 bits per heavy atom. The van der Waals surface area contributed by atoms with Gasteiger partial charge in [0, 0.05) is 12.6 Å². The molecule has 230 valence electrons. The first-order valence-corrected chi connectivity index (χ1v) is 16.9. The van der Waals surface area contributed by atoms with Crippen LogP contribution in [-0.4, -0.2) is 50.0 Å². The summed E-state index contributed by atoms with van der Waals surface area (Å²) >= 11 is 0. The molecule has 0 unspecified atom stereocenters. The molecule has 0 spiro atoms. The third-order valence-electron chi connectivity index (χ3n) is 7.86. The van der Waals surface area contributed by atoms with E-state index in [0.717, 1.165) is 52.9 Å². The van der Waals surface area contributed by atoms with Crippen LogP contribution in [0.3, 0.4) is 0 Å². The van der Waals surface area contributed by atoms with Crippen LogP contribution in [0, 0.1) is 6.92 Å².